The topological polar surface area (TPSA) is 77.2 Å². The van der Waals surface area contributed by atoms with Gasteiger partial charge in [-0.2, -0.15) is 0 Å². The standard InChI is InChI=1S/C14H13BrFN3O2/c1-2-21-14(20)9-6-8(17)7-18-13(9)19-12-10(15)4-3-5-11(12)16/h3-7H,2,17H2,1H3,(H,18,19). The number of nitrogens with two attached hydrogens (primary N) is 1. The predicted molar refractivity (Wildman–Crippen MR) is 82.0 cm³/mol. The molecule has 0 unspecified atom stereocenters. The molecule has 21 heavy (non-hydrogen) atoms. The first-order valence-electron chi connectivity index (χ1n) is 6.16. The molecular formula is C14H13BrFN3O2. The molecule has 0 saturated carbocycles. The maximum absolute atomic E-state index is 13.8. The van der Waals surface area contributed by atoms with Crippen LogP contribution in [0.15, 0.2) is 34.9 Å². The predicted octanol–water partition coefficient (Wildman–Crippen LogP) is 3.49. The Bertz CT molecular complexity index is 659. The maximum atomic E-state index is 13.8. The number of aromatic nitrogens is 1. The third-order valence-electron chi connectivity index (χ3n) is 2.61. The van der Waals surface area contributed by atoms with Crippen LogP contribution in [0.4, 0.5) is 21.6 Å². The van der Waals surface area contributed by atoms with E-state index in [-0.39, 0.29) is 23.7 Å². The lowest BCUT2D eigenvalue weighted by atomic mass is 10.2. The van der Waals surface area contributed by atoms with Crippen molar-refractivity contribution in [1.29, 1.82) is 0 Å². The minimum Gasteiger partial charge on any atom is -0.462 e. The van der Waals surface area contributed by atoms with Crippen molar-refractivity contribution >= 4 is 39.1 Å². The summed E-state index contributed by atoms with van der Waals surface area (Å²) in [7, 11) is 0. The van der Waals surface area contributed by atoms with E-state index in [1.165, 1.54) is 18.3 Å². The summed E-state index contributed by atoms with van der Waals surface area (Å²) < 4.78 is 19.3. The van der Waals surface area contributed by atoms with E-state index < -0.39 is 11.8 Å². The minimum atomic E-state index is -0.577. The van der Waals surface area contributed by atoms with Crippen molar-refractivity contribution in [3.05, 3.63) is 46.3 Å². The van der Waals surface area contributed by atoms with E-state index in [4.69, 9.17) is 10.5 Å². The summed E-state index contributed by atoms with van der Waals surface area (Å²) in [6.45, 7) is 1.91. The highest BCUT2D eigenvalue weighted by molar-refractivity contribution is 9.10. The molecule has 0 aliphatic rings. The summed E-state index contributed by atoms with van der Waals surface area (Å²) in [6.07, 6.45) is 1.37. The monoisotopic (exact) mass is 353 g/mol. The summed E-state index contributed by atoms with van der Waals surface area (Å²) in [4.78, 5) is 15.9. The average molecular weight is 354 g/mol. The Kier molecular flexibility index (Phi) is 4.74. The van der Waals surface area contributed by atoms with Crippen molar-refractivity contribution in [2.75, 3.05) is 17.7 Å². The summed E-state index contributed by atoms with van der Waals surface area (Å²) in [5, 5.41) is 2.79. The number of nitrogens with one attached hydrogen (secondary N) is 1. The molecule has 0 radical (unpaired) electrons. The van der Waals surface area contributed by atoms with Crippen LogP contribution in [0.2, 0.25) is 0 Å². The summed E-state index contributed by atoms with van der Waals surface area (Å²) in [6, 6.07) is 5.97. The van der Waals surface area contributed by atoms with Crippen molar-refractivity contribution < 1.29 is 13.9 Å². The van der Waals surface area contributed by atoms with Crippen LogP contribution < -0.4 is 11.1 Å². The number of ether oxygens (including phenoxy) is 1. The van der Waals surface area contributed by atoms with Gasteiger partial charge in [0.15, 0.2) is 0 Å². The second-order valence-corrected chi connectivity index (χ2v) is 4.96. The van der Waals surface area contributed by atoms with E-state index in [9.17, 15) is 9.18 Å². The van der Waals surface area contributed by atoms with Crippen LogP contribution in [0.3, 0.4) is 0 Å². The molecule has 7 heteroatoms. The van der Waals surface area contributed by atoms with E-state index in [2.05, 4.69) is 26.2 Å². The van der Waals surface area contributed by atoms with Gasteiger partial charge in [0.25, 0.3) is 0 Å². The van der Waals surface area contributed by atoms with Crippen LogP contribution in [0.5, 0.6) is 0 Å². The molecule has 1 aromatic heterocycles. The van der Waals surface area contributed by atoms with E-state index in [0.717, 1.165) is 0 Å². The third kappa shape index (κ3) is 3.49. The van der Waals surface area contributed by atoms with Crippen LogP contribution in [-0.4, -0.2) is 17.6 Å². The van der Waals surface area contributed by atoms with Crippen molar-refractivity contribution in [1.82, 2.24) is 4.98 Å². The molecule has 3 N–H and O–H groups in total. The molecule has 5 nitrogen and oxygen atoms in total. The van der Waals surface area contributed by atoms with Crippen molar-refractivity contribution in [3.8, 4) is 0 Å². The number of hydrogen-bond donors (Lipinski definition) is 2. The van der Waals surface area contributed by atoms with Crippen molar-refractivity contribution in [2.24, 2.45) is 0 Å². The molecule has 0 saturated heterocycles. The average Bonchev–Trinajstić information content (AvgIpc) is 2.44. The van der Waals surface area contributed by atoms with Crippen molar-refractivity contribution in [3.63, 3.8) is 0 Å². The minimum absolute atomic E-state index is 0.145. The van der Waals surface area contributed by atoms with Gasteiger partial charge in [0, 0.05) is 4.47 Å². The molecule has 0 spiro atoms. The lowest BCUT2D eigenvalue weighted by Crippen LogP contribution is -2.10. The number of hydrogen-bond acceptors (Lipinski definition) is 5. The molecule has 0 aliphatic heterocycles. The Morgan fingerprint density at radius 3 is 2.95 bits per heavy atom. The molecule has 0 bridgehead atoms. The number of esters is 1. The van der Waals surface area contributed by atoms with Gasteiger partial charge in [0.2, 0.25) is 0 Å². The van der Waals surface area contributed by atoms with E-state index in [1.807, 2.05) is 0 Å². The molecule has 110 valence electrons. The van der Waals surface area contributed by atoms with Gasteiger partial charge in [0.05, 0.1) is 24.2 Å². The summed E-state index contributed by atoms with van der Waals surface area (Å²) >= 11 is 3.24. The molecule has 1 aromatic carbocycles. The molecule has 2 rings (SSSR count). The highest BCUT2D eigenvalue weighted by Crippen LogP contribution is 2.29. The fraction of sp³-hybridized carbons (Fsp3) is 0.143. The fourth-order valence-corrected chi connectivity index (χ4v) is 2.12. The number of carbonyl (C=O) groups is 1. The van der Waals surface area contributed by atoms with Gasteiger partial charge in [-0.25, -0.2) is 14.2 Å². The maximum Gasteiger partial charge on any atom is 0.341 e. The smallest absolute Gasteiger partial charge is 0.341 e. The highest BCUT2D eigenvalue weighted by atomic mass is 79.9. The molecule has 0 amide bonds. The molecule has 1 heterocycles. The number of nitrogens with zero attached hydrogens (tertiary/aromatic N) is 1. The lowest BCUT2D eigenvalue weighted by Gasteiger charge is -2.12. The van der Waals surface area contributed by atoms with Gasteiger partial charge in [-0.05, 0) is 41.1 Å². The van der Waals surface area contributed by atoms with Crippen LogP contribution in [0.25, 0.3) is 0 Å². The largest absolute Gasteiger partial charge is 0.462 e. The third-order valence-corrected chi connectivity index (χ3v) is 3.27. The second-order valence-electron chi connectivity index (χ2n) is 4.11. The number of pyridine rings is 1. The summed E-state index contributed by atoms with van der Waals surface area (Å²) in [5.74, 6) is -0.876. The van der Waals surface area contributed by atoms with Crippen molar-refractivity contribution in [2.45, 2.75) is 6.92 Å². The SMILES string of the molecule is CCOC(=O)c1cc(N)cnc1Nc1c(F)cccc1Br. The number of anilines is 3. The van der Waals surface area contributed by atoms with E-state index >= 15 is 0 Å². The number of halogens is 2. The van der Waals surface area contributed by atoms with Crippen LogP contribution >= 0.6 is 15.9 Å². The quantitative estimate of drug-likeness (QED) is 0.822. The van der Waals surface area contributed by atoms with Crippen LogP contribution in [-0.2, 0) is 4.74 Å². The van der Waals surface area contributed by atoms with Crippen LogP contribution in [0, 0.1) is 5.82 Å². The Morgan fingerprint density at radius 1 is 1.52 bits per heavy atom. The first kappa shape index (κ1) is 15.2. The van der Waals surface area contributed by atoms with Gasteiger partial charge >= 0.3 is 5.97 Å². The number of rotatable bonds is 4. The molecule has 0 aliphatic carbocycles. The zero-order valence-electron chi connectivity index (χ0n) is 11.2. The first-order valence-corrected chi connectivity index (χ1v) is 6.96. The Balaban J connectivity index is 2.42. The van der Waals surface area contributed by atoms with Gasteiger partial charge in [-0.1, -0.05) is 6.07 Å². The first-order chi connectivity index (χ1) is 10.0. The second kappa shape index (κ2) is 6.53. The van der Waals surface area contributed by atoms with Gasteiger partial charge in [-0.15, -0.1) is 0 Å². The number of carbonyl (C=O) groups excluding carboxylic acids is 1. The molecule has 0 atom stereocenters. The van der Waals surface area contributed by atoms with E-state index in [0.29, 0.717) is 10.2 Å². The normalized spacial score (nSPS) is 10.2. The van der Waals surface area contributed by atoms with Crippen LogP contribution in [0.1, 0.15) is 17.3 Å². The van der Waals surface area contributed by atoms with Gasteiger partial charge in [0.1, 0.15) is 17.2 Å². The lowest BCUT2D eigenvalue weighted by molar-refractivity contribution is 0.0527. The number of benzene rings is 1. The zero-order chi connectivity index (χ0) is 15.4. The van der Waals surface area contributed by atoms with E-state index in [1.54, 1.807) is 19.1 Å². The zero-order valence-corrected chi connectivity index (χ0v) is 12.8. The molecule has 2 aromatic rings. The fourth-order valence-electron chi connectivity index (χ4n) is 1.68. The van der Waals surface area contributed by atoms with Gasteiger partial charge in [-0.3, -0.25) is 0 Å². The summed E-state index contributed by atoms with van der Waals surface area (Å²) in [5.41, 5.74) is 6.28. The highest BCUT2D eigenvalue weighted by Gasteiger charge is 2.17. The Morgan fingerprint density at radius 2 is 2.29 bits per heavy atom. The number of nitrogen functional groups attached to an aromatic ring is 1. The van der Waals surface area contributed by atoms with Gasteiger partial charge < -0.3 is 15.8 Å². The Hall–Kier alpha value is -2.15. The molecule has 0 fully saturated rings. The Labute approximate surface area is 129 Å². The number of para-hydroxylation sites is 1. The molecular weight excluding hydrogens is 341 g/mol.